The van der Waals surface area contributed by atoms with Crippen LogP contribution in [0.1, 0.15) is 33.0 Å². The molecule has 1 heterocycles. The zero-order chi connectivity index (χ0) is 13.9. The lowest BCUT2D eigenvalue weighted by Crippen LogP contribution is -2.05. The Morgan fingerprint density at radius 1 is 0.700 bits per heavy atom. The summed E-state index contributed by atoms with van der Waals surface area (Å²) in [6, 6.07) is 21.8. The number of rotatable bonds is 3. The van der Waals surface area contributed by atoms with Gasteiger partial charge in [-0.25, -0.2) is 0 Å². The molecular formula is C19H18S. The van der Waals surface area contributed by atoms with Gasteiger partial charge >= 0.3 is 0 Å². The predicted molar refractivity (Wildman–Crippen MR) is 87.6 cm³/mol. The molecule has 20 heavy (non-hydrogen) atoms. The van der Waals surface area contributed by atoms with Crippen LogP contribution in [-0.4, -0.2) is 0 Å². The van der Waals surface area contributed by atoms with Crippen LogP contribution >= 0.6 is 11.3 Å². The summed E-state index contributed by atoms with van der Waals surface area (Å²) in [4.78, 5) is 1.41. The van der Waals surface area contributed by atoms with Crippen LogP contribution in [0, 0.1) is 13.8 Å². The van der Waals surface area contributed by atoms with Gasteiger partial charge in [0.1, 0.15) is 0 Å². The second kappa shape index (κ2) is 5.64. The maximum Gasteiger partial charge on any atom is 0.0439 e. The van der Waals surface area contributed by atoms with Gasteiger partial charge in [0.15, 0.2) is 0 Å². The third-order valence-electron chi connectivity index (χ3n) is 3.83. The normalized spacial score (nSPS) is 10.9. The maximum absolute atomic E-state index is 2.26. The number of thiophene rings is 1. The van der Waals surface area contributed by atoms with Gasteiger partial charge in [-0.3, -0.25) is 0 Å². The molecule has 100 valence electrons. The summed E-state index contributed by atoms with van der Waals surface area (Å²) in [5.41, 5.74) is 5.52. The lowest BCUT2D eigenvalue weighted by molar-refractivity contribution is 0.973. The molecule has 1 heteroatoms. The van der Waals surface area contributed by atoms with E-state index in [1.165, 1.54) is 27.1 Å². The predicted octanol–water partition coefficient (Wildman–Crippen LogP) is 5.55. The number of hydrogen-bond acceptors (Lipinski definition) is 1. The molecule has 0 saturated carbocycles. The molecule has 1 aromatic heterocycles. The first-order valence-corrected chi connectivity index (χ1v) is 7.80. The van der Waals surface area contributed by atoms with Crippen molar-refractivity contribution in [2.45, 2.75) is 19.8 Å². The van der Waals surface area contributed by atoms with Crippen molar-refractivity contribution in [2.24, 2.45) is 0 Å². The quantitative estimate of drug-likeness (QED) is 0.589. The van der Waals surface area contributed by atoms with E-state index in [0.29, 0.717) is 5.92 Å². The molecule has 0 radical (unpaired) electrons. The molecule has 0 nitrogen and oxygen atoms in total. The van der Waals surface area contributed by atoms with Crippen molar-refractivity contribution in [2.75, 3.05) is 0 Å². The molecule has 2 aromatic carbocycles. The SMILES string of the molecule is Cc1ccccc1C(c1cccs1)c1ccccc1C. The van der Waals surface area contributed by atoms with Gasteiger partial charge in [-0.15, -0.1) is 11.3 Å². The Hall–Kier alpha value is -1.86. The summed E-state index contributed by atoms with van der Waals surface area (Å²) in [6.07, 6.45) is 0. The average molecular weight is 278 g/mol. The van der Waals surface area contributed by atoms with Gasteiger partial charge in [0.2, 0.25) is 0 Å². The second-order valence-electron chi connectivity index (χ2n) is 5.16. The fourth-order valence-electron chi connectivity index (χ4n) is 2.75. The standard InChI is InChI=1S/C19H18S/c1-14-8-3-5-10-16(14)19(18-12-7-13-20-18)17-11-6-4-9-15(17)2/h3-13,19H,1-2H3. The summed E-state index contributed by atoms with van der Waals surface area (Å²) in [5.74, 6) is 0.345. The van der Waals surface area contributed by atoms with Crippen molar-refractivity contribution < 1.29 is 0 Å². The van der Waals surface area contributed by atoms with Gasteiger partial charge in [0.05, 0.1) is 0 Å². The van der Waals surface area contributed by atoms with Gasteiger partial charge < -0.3 is 0 Å². The first-order valence-electron chi connectivity index (χ1n) is 6.92. The number of hydrogen-bond donors (Lipinski definition) is 0. The molecule has 0 aliphatic rings. The van der Waals surface area contributed by atoms with Crippen molar-refractivity contribution in [3.05, 3.63) is 93.2 Å². The van der Waals surface area contributed by atoms with Gasteiger partial charge in [-0.2, -0.15) is 0 Å². The molecule has 0 fully saturated rings. The Bertz CT molecular complexity index is 650. The van der Waals surface area contributed by atoms with Gasteiger partial charge in [-0.05, 0) is 47.5 Å². The molecule has 0 saturated heterocycles. The molecule has 0 spiro atoms. The van der Waals surface area contributed by atoms with Gasteiger partial charge in [-0.1, -0.05) is 54.6 Å². The van der Waals surface area contributed by atoms with Crippen LogP contribution in [0.2, 0.25) is 0 Å². The lowest BCUT2D eigenvalue weighted by Gasteiger charge is -2.21. The summed E-state index contributed by atoms with van der Waals surface area (Å²) >= 11 is 1.84. The van der Waals surface area contributed by atoms with Crippen LogP contribution in [0.4, 0.5) is 0 Å². The second-order valence-corrected chi connectivity index (χ2v) is 6.14. The minimum Gasteiger partial charge on any atom is -0.148 e. The topological polar surface area (TPSA) is 0 Å². The first-order chi connectivity index (χ1) is 9.77. The third kappa shape index (κ3) is 2.41. The maximum atomic E-state index is 2.26. The largest absolute Gasteiger partial charge is 0.148 e. The molecule has 0 atom stereocenters. The molecule has 0 amide bonds. The molecule has 0 aliphatic carbocycles. The van der Waals surface area contributed by atoms with Crippen molar-refractivity contribution in [3.63, 3.8) is 0 Å². The fourth-order valence-corrected chi connectivity index (χ4v) is 3.61. The smallest absolute Gasteiger partial charge is 0.0439 e. The highest BCUT2D eigenvalue weighted by atomic mass is 32.1. The van der Waals surface area contributed by atoms with Crippen LogP contribution in [0.15, 0.2) is 66.0 Å². The summed E-state index contributed by atoms with van der Waals surface area (Å²) in [6.45, 7) is 4.41. The Morgan fingerprint density at radius 3 is 1.70 bits per heavy atom. The van der Waals surface area contributed by atoms with Crippen LogP contribution in [0.25, 0.3) is 0 Å². The van der Waals surface area contributed by atoms with Gasteiger partial charge in [0.25, 0.3) is 0 Å². The summed E-state index contributed by atoms with van der Waals surface area (Å²) in [7, 11) is 0. The van der Waals surface area contributed by atoms with Crippen LogP contribution in [0.3, 0.4) is 0 Å². The molecule has 3 rings (SSSR count). The van der Waals surface area contributed by atoms with E-state index in [4.69, 9.17) is 0 Å². The highest BCUT2D eigenvalue weighted by Gasteiger charge is 2.20. The van der Waals surface area contributed by atoms with E-state index >= 15 is 0 Å². The minimum absolute atomic E-state index is 0.345. The van der Waals surface area contributed by atoms with Crippen molar-refractivity contribution in [1.29, 1.82) is 0 Å². The molecule has 3 aromatic rings. The zero-order valence-corrected chi connectivity index (χ0v) is 12.7. The van der Waals surface area contributed by atoms with E-state index in [9.17, 15) is 0 Å². The monoisotopic (exact) mass is 278 g/mol. The van der Waals surface area contributed by atoms with E-state index in [0.717, 1.165) is 0 Å². The Morgan fingerprint density at radius 2 is 1.25 bits per heavy atom. The van der Waals surface area contributed by atoms with Crippen molar-refractivity contribution in [3.8, 4) is 0 Å². The third-order valence-corrected chi connectivity index (χ3v) is 4.76. The molecular weight excluding hydrogens is 260 g/mol. The van der Waals surface area contributed by atoms with E-state index in [-0.39, 0.29) is 0 Å². The zero-order valence-electron chi connectivity index (χ0n) is 11.8. The molecule has 0 bridgehead atoms. The van der Waals surface area contributed by atoms with E-state index in [2.05, 4.69) is 79.9 Å². The Kier molecular flexibility index (Phi) is 3.70. The highest BCUT2D eigenvalue weighted by molar-refractivity contribution is 7.10. The van der Waals surface area contributed by atoms with E-state index in [1.807, 2.05) is 11.3 Å². The fraction of sp³-hybridized carbons (Fsp3) is 0.158. The van der Waals surface area contributed by atoms with E-state index < -0.39 is 0 Å². The van der Waals surface area contributed by atoms with Crippen LogP contribution in [0.5, 0.6) is 0 Å². The lowest BCUT2D eigenvalue weighted by atomic mass is 9.85. The van der Waals surface area contributed by atoms with Crippen LogP contribution in [-0.2, 0) is 0 Å². The Balaban J connectivity index is 2.21. The average Bonchev–Trinajstić information content (AvgIpc) is 2.97. The number of benzene rings is 2. The minimum atomic E-state index is 0.345. The van der Waals surface area contributed by atoms with Crippen molar-refractivity contribution >= 4 is 11.3 Å². The van der Waals surface area contributed by atoms with Gasteiger partial charge in [0, 0.05) is 10.8 Å². The van der Waals surface area contributed by atoms with E-state index in [1.54, 1.807) is 0 Å². The molecule has 0 aliphatic heterocycles. The molecule has 0 unspecified atom stereocenters. The summed E-state index contributed by atoms with van der Waals surface area (Å²) in [5, 5.41) is 2.17. The van der Waals surface area contributed by atoms with Crippen LogP contribution < -0.4 is 0 Å². The highest BCUT2D eigenvalue weighted by Crippen LogP contribution is 2.37. The summed E-state index contributed by atoms with van der Waals surface area (Å²) < 4.78 is 0. The number of aryl methyl sites for hydroxylation is 2. The molecule has 0 N–H and O–H groups in total. The Labute approximate surface area is 124 Å². The first kappa shape index (κ1) is 13.1. The van der Waals surface area contributed by atoms with Crippen molar-refractivity contribution in [1.82, 2.24) is 0 Å².